The molecule has 2 aromatic heterocycles. The third-order valence-electron chi connectivity index (χ3n) is 4.61. The van der Waals surface area contributed by atoms with Crippen molar-refractivity contribution < 1.29 is 13.2 Å². The van der Waals surface area contributed by atoms with Crippen molar-refractivity contribution in [1.82, 2.24) is 9.55 Å². The number of pyridine rings is 1. The van der Waals surface area contributed by atoms with Crippen LogP contribution >= 0.6 is 0 Å². The number of hydrogen-bond acceptors (Lipinski definition) is 4. The minimum atomic E-state index is -3.75. The van der Waals surface area contributed by atoms with Gasteiger partial charge in [-0.3, -0.25) is 9.52 Å². The molecule has 0 fully saturated rings. The largest absolute Gasteiger partial charge is 0.347 e. The van der Waals surface area contributed by atoms with Crippen molar-refractivity contribution in [3.8, 4) is 0 Å². The average Bonchev–Trinajstić information content (AvgIpc) is 3.16. The summed E-state index contributed by atoms with van der Waals surface area (Å²) in [6, 6.07) is 21.0. The number of para-hydroxylation sites is 1. The van der Waals surface area contributed by atoms with E-state index in [1.807, 2.05) is 41.1 Å². The number of aryl methyl sites for hydroxylation is 1. The molecule has 0 bridgehead atoms. The number of anilines is 2. The number of nitrogens with zero attached hydrogens (tertiary/aromatic N) is 2. The maximum absolute atomic E-state index is 12.4. The van der Waals surface area contributed by atoms with Gasteiger partial charge in [0.2, 0.25) is 5.91 Å². The van der Waals surface area contributed by atoms with Crippen LogP contribution in [0.25, 0.3) is 10.9 Å². The second-order valence-corrected chi connectivity index (χ2v) is 8.39. The zero-order valence-electron chi connectivity index (χ0n) is 16.0. The summed E-state index contributed by atoms with van der Waals surface area (Å²) in [4.78, 5) is 16.3. The number of aromatic nitrogens is 2. The van der Waals surface area contributed by atoms with Gasteiger partial charge in [0, 0.05) is 36.6 Å². The molecule has 0 aliphatic carbocycles. The number of amides is 1. The molecule has 152 valence electrons. The Morgan fingerprint density at radius 3 is 2.47 bits per heavy atom. The first kappa shape index (κ1) is 19.7. The molecule has 1 amide bonds. The minimum absolute atomic E-state index is 0.0879. The van der Waals surface area contributed by atoms with Gasteiger partial charge >= 0.3 is 0 Å². The molecular formula is C22H20N4O3S. The van der Waals surface area contributed by atoms with Crippen LogP contribution in [0.3, 0.4) is 0 Å². The summed E-state index contributed by atoms with van der Waals surface area (Å²) in [5.74, 6) is 0.0995. The lowest BCUT2D eigenvalue weighted by Gasteiger charge is -2.09. The second kappa shape index (κ2) is 8.38. The van der Waals surface area contributed by atoms with Crippen LogP contribution in [-0.2, 0) is 21.4 Å². The summed E-state index contributed by atoms with van der Waals surface area (Å²) in [6.45, 7) is 0.555. The lowest BCUT2D eigenvalue weighted by molar-refractivity contribution is -0.116. The first-order valence-electron chi connectivity index (χ1n) is 9.39. The van der Waals surface area contributed by atoms with E-state index in [2.05, 4.69) is 15.0 Å². The molecule has 0 spiro atoms. The summed E-state index contributed by atoms with van der Waals surface area (Å²) >= 11 is 0. The highest BCUT2D eigenvalue weighted by atomic mass is 32.2. The topological polar surface area (TPSA) is 93.1 Å². The lowest BCUT2D eigenvalue weighted by atomic mass is 10.2. The Morgan fingerprint density at radius 2 is 1.70 bits per heavy atom. The highest BCUT2D eigenvalue weighted by Crippen LogP contribution is 2.18. The van der Waals surface area contributed by atoms with E-state index in [1.165, 1.54) is 18.3 Å². The van der Waals surface area contributed by atoms with Crippen LogP contribution in [0.2, 0.25) is 0 Å². The van der Waals surface area contributed by atoms with Gasteiger partial charge in [-0.1, -0.05) is 24.3 Å². The quantitative estimate of drug-likeness (QED) is 0.475. The Kier molecular flexibility index (Phi) is 5.49. The molecule has 0 radical (unpaired) electrons. The molecular weight excluding hydrogens is 400 g/mol. The Bertz CT molecular complexity index is 1270. The van der Waals surface area contributed by atoms with E-state index in [4.69, 9.17) is 0 Å². The predicted molar refractivity (Wildman–Crippen MR) is 117 cm³/mol. The smallest absolute Gasteiger partial charge is 0.263 e. The normalized spacial score (nSPS) is 11.3. The summed E-state index contributed by atoms with van der Waals surface area (Å²) < 4.78 is 29.3. The summed E-state index contributed by atoms with van der Waals surface area (Å²) in [5.41, 5.74) is 1.62. The monoisotopic (exact) mass is 420 g/mol. The summed E-state index contributed by atoms with van der Waals surface area (Å²) in [6.07, 6.45) is 3.78. The van der Waals surface area contributed by atoms with Crippen LogP contribution in [0.1, 0.15) is 6.42 Å². The second-order valence-electron chi connectivity index (χ2n) is 6.71. The SMILES string of the molecule is O=C(CCn1ccc2ccccc21)Nc1ccc(S(=O)(=O)Nc2ccccn2)cc1. The molecule has 0 aliphatic heterocycles. The van der Waals surface area contributed by atoms with Gasteiger partial charge in [-0.25, -0.2) is 13.4 Å². The van der Waals surface area contributed by atoms with Crippen molar-refractivity contribution >= 4 is 38.3 Å². The van der Waals surface area contributed by atoms with Crippen molar-refractivity contribution in [1.29, 1.82) is 0 Å². The fourth-order valence-electron chi connectivity index (χ4n) is 3.12. The number of hydrogen-bond donors (Lipinski definition) is 2. The van der Waals surface area contributed by atoms with E-state index in [1.54, 1.807) is 30.3 Å². The Labute approximate surface area is 174 Å². The van der Waals surface area contributed by atoms with E-state index >= 15 is 0 Å². The van der Waals surface area contributed by atoms with Gasteiger partial charge < -0.3 is 9.88 Å². The van der Waals surface area contributed by atoms with Crippen LogP contribution in [0.15, 0.2) is 90.1 Å². The first-order chi connectivity index (χ1) is 14.5. The summed E-state index contributed by atoms with van der Waals surface area (Å²) in [7, 11) is -3.75. The van der Waals surface area contributed by atoms with E-state index in [-0.39, 0.29) is 16.6 Å². The molecule has 2 N–H and O–H groups in total. The van der Waals surface area contributed by atoms with Crippen LogP contribution in [0.4, 0.5) is 11.5 Å². The van der Waals surface area contributed by atoms with Crippen LogP contribution in [0, 0.1) is 0 Å². The molecule has 7 nitrogen and oxygen atoms in total. The summed E-state index contributed by atoms with van der Waals surface area (Å²) in [5, 5.41) is 3.93. The van der Waals surface area contributed by atoms with Gasteiger partial charge in [0.15, 0.2) is 0 Å². The average molecular weight is 420 g/mol. The zero-order chi connectivity index (χ0) is 21.0. The fraction of sp³-hybridized carbons (Fsp3) is 0.0909. The predicted octanol–water partition coefficient (Wildman–Crippen LogP) is 3.87. The number of carbonyl (C=O) groups is 1. The van der Waals surface area contributed by atoms with Gasteiger partial charge in [-0.2, -0.15) is 0 Å². The van der Waals surface area contributed by atoms with Crippen molar-refractivity contribution in [2.75, 3.05) is 10.0 Å². The van der Waals surface area contributed by atoms with E-state index in [0.29, 0.717) is 18.7 Å². The van der Waals surface area contributed by atoms with Gasteiger partial charge in [-0.15, -0.1) is 0 Å². The first-order valence-corrected chi connectivity index (χ1v) is 10.9. The van der Waals surface area contributed by atoms with Crippen LogP contribution in [0.5, 0.6) is 0 Å². The highest BCUT2D eigenvalue weighted by Gasteiger charge is 2.15. The molecule has 0 saturated heterocycles. The molecule has 0 atom stereocenters. The number of sulfonamides is 1. The van der Waals surface area contributed by atoms with Gasteiger partial charge in [-0.05, 0) is 53.9 Å². The van der Waals surface area contributed by atoms with Crippen LogP contribution < -0.4 is 10.0 Å². The van der Waals surface area contributed by atoms with Gasteiger partial charge in [0.25, 0.3) is 10.0 Å². The van der Waals surface area contributed by atoms with Crippen molar-refractivity contribution in [2.24, 2.45) is 0 Å². The zero-order valence-corrected chi connectivity index (χ0v) is 16.8. The molecule has 2 aromatic carbocycles. The van der Waals surface area contributed by atoms with Crippen molar-refractivity contribution in [3.63, 3.8) is 0 Å². The van der Waals surface area contributed by atoms with E-state index < -0.39 is 10.0 Å². The minimum Gasteiger partial charge on any atom is -0.347 e. The molecule has 0 aliphatic rings. The molecule has 2 heterocycles. The van der Waals surface area contributed by atoms with E-state index in [9.17, 15) is 13.2 Å². The number of rotatable bonds is 7. The Morgan fingerprint density at radius 1 is 0.933 bits per heavy atom. The number of benzene rings is 2. The third-order valence-corrected chi connectivity index (χ3v) is 5.98. The fourth-order valence-corrected chi connectivity index (χ4v) is 4.13. The van der Waals surface area contributed by atoms with Crippen molar-refractivity contribution in [3.05, 3.63) is 85.2 Å². The van der Waals surface area contributed by atoms with E-state index in [0.717, 1.165) is 10.9 Å². The maximum Gasteiger partial charge on any atom is 0.263 e. The van der Waals surface area contributed by atoms with Gasteiger partial charge in [0.05, 0.1) is 4.90 Å². The highest BCUT2D eigenvalue weighted by molar-refractivity contribution is 7.92. The lowest BCUT2D eigenvalue weighted by Crippen LogP contribution is -2.15. The molecule has 4 rings (SSSR count). The molecule has 0 saturated carbocycles. The third kappa shape index (κ3) is 4.49. The maximum atomic E-state index is 12.4. The van der Waals surface area contributed by atoms with Crippen molar-refractivity contribution in [2.45, 2.75) is 17.9 Å². The molecule has 30 heavy (non-hydrogen) atoms. The number of fused-ring (bicyclic) bond motifs is 1. The molecule has 4 aromatic rings. The molecule has 8 heteroatoms. The number of carbonyl (C=O) groups excluding carboxylic acids is 1. The standard InChI is InChI=1S/C22H20N4O3S/c27-22(13-16-26-15-12-17-5-1-2-6-20(17)26)24-18-8-10-19(11-9-18)30(28,29)25-21-7-3-4-14-23-21/h1-12,14-15H,13,16H2,(H,23,25)(H,24,27). The molecule has 0 unspecified atom stereocenters. The Balaban J connectivity index is 1.36. The van der Waals surface area contributed by atoms with Gasteiger partial charge in [0.1, 0.15) is 5.82 Å². The van der Waals surface area contributed by atoms with Crippen LogP contribution in [-0.4, -0.2) is 23.9 Å². The number of nitrogens with one attached hydrogen (secondary N) is 2. The Hall–Kier alpha value is -3.65.